The Hall–Kier alpha value is -5.30. The molecule has 11 nitrogen and oxygen atoms in total. The SMILES string of the molecule is COc1cc([C@H]2C3=CC[C@@H]4C(=O)N(C5CCN(Cc6ccccc6)CC5)C(=O)[C@@H]4[C@@H]3C[C@H]3C(=O)N(c4cc(-c5sc6ccc(Cl)cc6c5C)nn4C)C(=O)[C@@]23C)ccc1O. The summed E-state index contributed by atoms with van der Waals surface area (Å²) in [6.07, 6.45) is 4.09. The second-order valence-electron chi connectivity index (χ2n) is 17.3. The van der Waals surface area contributed by atoms with E-state index in [1.807, 2.05) is 50.2 Å². The zero-order valence-electron chi connectivity index (χ0n) is 33.9. The van der Waals surface area contributed by atoms with Crippen molar-refractivity contribution in [2.75, 3.05) is 25.1 Å². The first-order chi connectivity index (χ1) is 28.9. The Morgan fingerprint density at radius 2 is 1.72 bits per heavy atom. The van der Waals surface area contributed by atoms with E-state index in [1.54, 1.807) is 52.2 Å². The summed E-state index contributed by atoms with van der Waals surface area (Å²) in [6.45, 7) is 6.26. The molecule has 4 fully saturated rings. The Morgan fingerprint density at radius 1 is 0.950 bits per heavy atom. The van der Waals surface area contributed by atoms with E-state index in [9.17, 15) is 14.7 Å². The van der Waals surface area contributed by atoms with Crippen molar-refractivity contribution >= 4 is 62.5 Å². The predicted octanol–water partition coefficient (Wildman–Crippen LogP) is 7.87. The average Bonchev–Trinajstić information content (AvgIpc) is 3.92. The van der Waals surface area contributed by atoms with E-state index < -0.39 is 35.0 Å². The lowest BCUT2D eigenvalue weighted by molar-refractivity contribution is -0.144. The summed E-state index contributed by atoms with van der Waals surface area (Å²) in [5, 5.41) is 17.2. The summed E-state index contributed by atoms with van der Waals surface area (Å²) in [7, 11) is 3.21. The number of likely N-dealkylation sites (tertiary alicyclic amines) is 2. The van der Waals surface area contributed by atoms with Gasteiger partial charge in [-0.05, 0) is 97.9 Å². The molecule has 3 aliphatic heterocycles. The third kappa shape index (κ3) is 5.81. The highest BCUT2D eigenvalue weighted by molar-refractivity contribution is 7.22. The second-order valence-corrected chi connectivity index (χ2v) is 18.8. The fraction of sp³-hybridized carbons (Fsp3) is 0.383. The molecule has 5 aromatic rings. The van der Waals surface area contributed by atoms with Gasteiger partial charge in [0.15, 0.2) is 11.5 Å². The van der Waals surface area contributed by atoms with Gasteiger partial charge in [0.1, 0.15) is 11.5 Å². The Labute approximate surface area is 357 Å². The third-order valence-corrected chi connectivity index (χ3v) is 15.8. The fourth-order valence-corrected chi connectivity index (χ4v) is 12.6. The van der Waals surface area contributed by atoms with E-state index in [1.165, 1.54) is 17.6 Å². The number of piperidine rings is 1. The van der Waals surface area contributed by atoms with E-state index in [-0.39, 0.29) is 47.6 Å². The van der Waals surface area contributed by atoms with Crippen molar-refractivity contribution < 1.29 is 29.0 Å². The summed E-state index contributed by atoms with van der Waals surface area (Å²) >= 11 is 7.93. The van der Waals surface area contributed by atoms with Gasteiger partial charge in [0, 0.05) is 54.4 Å². The molecule has 1 saturated carbocycles. The van der Waals surface area contributed by atoms with Crippen LogP contribution < -0.4 is 9.64 Å². The molecule has 13 heteroatoms. The number of carbonyl (C=O) groups excluding carboxylic acids is 4. The van der Waals surface area contributed by atoms with Crippen LogP contribution in [-0.2, 0) is 32.8 Å². The number of nitrogens with zero attached hydrogens (tertiary/aromatic N) is 5. The van der Waals surface area contributed by atoms with Gasteiger partial charge in [-0.25, -0.2) is 4.90 Å². The summed E-state index contributed by atoms with van der Waals surface area (Å²) in [4.78, 5) is 65.6. The molecule has 5 aliphatic rings. The smallest absolute Gasteiger partial charge is 0.242 e. The second kappa shape index (κ2) is 14.4. The number of halogens is 1. The molecule has 2 aliphatic carbocycles. The lowest BCUT2D eigenvalue weighted by Crippen LogP contribution is -2.49. The number of amides is 4. The van der Waals surface area contributed by atoms with E-state index in [0.717, 1.165) is 45.7 Å². The Bertz CT molecular complexity index is 2650. The van der Waals surface area contributed by atoms with Crippen molar-refractivity contribution in [2.45, 2.75) is 58.0 Å². The first-order valence-corrected chi connectivity index (χ1v) is 21.9. The van der Waals surface area contributed by atoms with Gasteiger partial charge in [0.2, 0.25) is 23.6 Å². The van der Waals surface area contributed by atoms with Crippen LogP contribution in [0, 0.1) is 36.0 Å². The molecular weight excluding hydrogens is 798 g/mol. The summed E-state index contributed by atoms with van der Waals surface area (Å²) in [5.74, 6) is -3.52. The quantitative estimate of drug-likeness (QED) is 0.130. The van der Waals surface area contributed by atoms with Crippen LogP contribution in [0.1, 0.15) is 55.2 Å². The summed E-state index contributed by atoms with van der Waals surface area (Å²) < 4.78 is 8.20. The predicted molar refractivity (Wildman–Crippen MR) is 230 cm³/mol. The van der Waals surface area contributed by atoms with Gasteiger partial charge in [0.05, 0.1) is 35.2 Å². The highest BCUT2D eigenvalue weighted by Gasteiger charge is 2.68. The minimum atomic E-state index is -1.26. The molecule has 308 valence electrons. The maximum Gasteiger partial charge on any atom is 0.242 e. The lowest BCUT2D eigenvalue weighted by atomic mass is 9.51. The molecule has 2 aromatic heterocycles. The molecule has 4 amide bonds. The fourth-order valence-electron chi connectivity index (χ4n) is 11.3. The number of aromatic hydroxyl groups is 1. The number of phenols is 1. The normalized spacial score (nSPS) is 27.1. The Kier molecular flexibility index (Phi) is 9.34. The Morgan fingerprint density at radius 3 is 2.47 bits per heavy atom. The number of fused-ring (bicyclic) bond motifs is 5. The molecule has 0 radical (unpaired) electrons. The third-order valence-electron chi connectivity index (χ3n) is 14.2. The van der Waals surface area contributed by atoms with E-state index in [4.69, 9.17) is 21.4 Å². The van der Waals surface area contributed by atoms with Crippen LogP contribution in [0.5, 0.6) is 11.5 Å². The molecular formula is C47H46ClN5O6S. The van der Waals surface area contributed by atoms with Gasteiger partial charge < -0.3 is 9.84 Å². The van der Waals surface area contributed by atoms with Crippen LogP contribution in [0.3, 0.4) is 0 Å². The number of hydrogen-bond acceptors (Lipinski definition) is 9. The highest BCUT2D eigenvalue weighted by Crippen LogP contribution is 2.64. The molecule has 1 N–H and O–H groups in total. The molecule has 6 atom stereocenters. The van der Waals surface area contributed by atoms with Crippen LogP contribution in [0.25, 0.3) is 20.7 Å². The van der Waals surface area contributed by atoms with Gasteiger partial charge in [-0.1, -0.05) is 59.6 Å². The molecule has 60 heavy (non-hydrogen) atoms. The number of hydrogen-bond donors (Lipinski definition) is 1. The highest BCUT2D eigenvalue weighted by atomic mass is 35.5. The minimum absolute atomic E-state index is 0.0494. The zero-order chi connectivity index (χ0) is 41.8. The lowest BCUT2D eigenvalue weighted by Gasteiger charge is -2.49. The maximum atomic E-state index is 15.3. The number of phenolic OH excluding ortho intramolecular Hbond substituents is 1. The number of benzene rings is 3. The number of allylic oxidation sites excluding steroid dienone is 2. The zero-order valence-corrected chi connectivity index (χ0v) is 35.5. The number of imide groups is 2. The first kappa shape index (κ1) is 38.9. The molecule has 3 saturated heterocycles. The monoisotopic (exact) mass is 843 g/mol. The Balaban J connectivity index is 0.999. The largest absolute Gasteiger partial charge is 0.504 e. The van der Waals surface area contributed by atoms with Gasteiger partial charge in [-0.2, -0.15) is 5.10 Å². The maximum absolute atomic E-state index is 15.3. The van der Waals surface area contributed by atoms with Crippen LogP contribution in [-0.4, -0.2) is 74.6 Å². The topological polar surface area (TPSA) is 125 Å². The van der Waals surface area contributed by atoms with Crippen molar-refractivity contribution in [2.24, 2.45) is 36.1 Å². The first-order valence-electron chi connectivity index (χ1n) is 20.7. The number of anilines is 1. The summed E-state index contributed by atoms with van der Waals surface area (Å²) in [6, 6.07) is 22.8. The van der Waals surface area contributed by atoms with E-state index >= 15 is 9.59 Å². The van der Waals surface area contributed by atoms with Crippen LogP contribution in [0.4, 0.5) is 5.82 Å². The summed E-state index contributed by atoms with van der Waals surface area (Å²) in [5.41, 5.74) is 3.20. The van der Waals surface area contributed by atoms with Gasteiger partial charge >= 0.3 is 0 Å². The van der Waals surface area contributed by atoms with Gasteiger partial charge in [-0.15, -0.1) is 11.3 Å². The number of rotatable bonds is 7. The number of aryl methyl sites for hydroxylation is 2. The van der Waals surface area contributed by atoms with Crippen molar-refractivity contribution in [3.05, 3.63) is 106 Å². The molecule has 5 heterocycles. The van der Waals surface area contributed by atoms with Crippen LogP contribution in [0.15, 0.2) is 84.4 Å². The van der Waals surface area contributed by atoms with Gasteiger partial charge in [0.25, 0.3) is 0 Å². The number of methoxy groups -OCH3 is 1. The van der Waals surface area contributed by atoms with E-state index in [0.29, 0.717) is 41.4 Å². The van der Waals surface area contributed by atoms with Crippen LogP contribution >= 0.6 is 22.9 Å². The number of carbonyl (C=O) groups is 4. The number of thiophene rings is 1. The molecule has 0 bridgehead atoms. The van der Waals surface area contributed by atoms with Gasteiger partial charge in [-0.3, -0.25) is 33.7 Å². The van der Waals surface area contributed by atoms with Crippen molar-refractivity contribution in [3.63, 3.8) is 0 Å². The standard InChI is InChI=1S/C47H46ClN5O6S/c1-25-32-21-28(48)11-15-38(32)60-42(25)35-23-39(50(3)49-35)53-44(56)34-22-33-30(41(47(34,2)46(53)58)27-10-14-36(54)37(20-27)59-4)12-13-31-40(33)45(57)52(43(31)55)29-16-18-51(19-17-29)24-26-8-6-5-7-9-26/h5-12,14-15,20-21,23,29,31,33-34,40-41,54H,13,16-19,22,24H2,1-4H3/t31-,33+,34-,40-,41-,47+/m0/s1. The molecule has 0 spiro atoms. The molecule has 10 rings (SSSR count). The van der Waals surface area contributed by atoms with Crippen LogP contribution in [0.2, 0.25) is 5.02 Å². The van der Waals surface area contributed by atoms with Crippen molar-refractivity contribution in [1.29, 1.82) is 0 Å². The number of aromatic nitrogens is 2. The molecule has 0 unspecified atom stereocenters. The minimum Gasteiger partial charge on any atom is -0.504 e. The number of ether oxygens (including phenoxy) is 1. The average molecular weight is 844 g/mol. The molecule has 3 aromatic carbocycles. The van der Waals surface area contributed by atoms with E-state index in [2.05, 4.69) is 23.1 Å². The van der Waals surface area contributed by atoms with Crippen molar-refractivity contribution in [1.82, 2.24) is 19.6 Å². The van der Waals surface area contributed by atoms with Crippen molar-refractivity contribution in [3.8, 4) is 22.1 Å².